The van der Waals surface area contributed by atoms with Crippen molar-refractivity contribution in [1.82, 2.24) is 4.98 Å². The molecule has 0 saturated heterocycles. The zero-order chi connectivity index (χ0) is 10.8. The molecule has 0 unspecified atom stereocenters. The maximum absolute atomic E-state index is 5.84. The second-order valence-corrected chi connectivity index (χ2v) is 3.86. The van der Waals surface area contributed by atoms with Crippen molar-refractivity contribution in [3.63, 3.8) is 0 Å². The molecule has 2 nitrogen and oxygen atoms in total. The Kier molecular flexibility index (Phi) is 2.60. The molecular weight excluding hydrogens is 208 g/mol. The molecule has 0 aliphatic rings. The maximum Gasteiger partial charge on any atom is 0.131 e. The van der Waals surface area contributed by atoms with Gasteiger partial charge >= 0.3 is 0 Å². The number of pyridine rings is 1. The molecule has 3 heteroatoms. The van der Waals surface area contributed by atoms with Crippen LogP contribution in [-0.4, -0.2) is 4.98 Å². The van der Waals surface area contributed by atoms with Crippen molar-refractivity contribution in [2.45, 2.75) is 6.92 Å². The number of aromatic nitrogens is 1. The summed E-state index contributed by atoms with van der Waals surface area (Å²) in [5, 5.41) is 0.422. The van der Waals surface area contributed by atoms with E-state index in [9.17, 15) is 0 Å². The minimum absolute atomic E-state index is 0.422. The summed E-state index contributed by atoms with van der Waals surface area (Å²) in [6.07, 6.45) is 0. The fourth-order valence-corrected chi connectivity index (χ4v) is 1.61. The number of halogens is 1. The van der Waals surface area contributed by atoms with Gasteiger partial charge in [-0.15, -0.1) is 0 Å². The van der Waals surface area contributed by atoms with Crippen LogP contribution in [0, 0.1) is 6.92 Å². The average Bonchev–Trinajstić information content (AvgIpc) is 2.17. The van der Waals surface area contributed by atoms with E-state index in [-0.39, 0.29) is 0 Å². The first-order chi connectivity index (χ1) is 7.15. The fraction of sp³-hybridized carbons (Fsp3) is 0.0833. The number of anilines is 1. The second kappa shape index (κ2) is 3.91. The van der Waals surface area contributed by atoms with Crippen LogP contribution in [0.4, 0.5) is 5.69 Å². The van der Waals surface area contributed by atoms with Gasteiger partial charge in [0.25, 0.3) is 0 Å². The van der Waals surface area contributed by atoms with Crippen molar-refractivity contribution in [3.05, 3.63) is 47.1 Å². The number of benzene rings is 1. The molecule has 15 heavy (non-hydrogen) atoms. The third-order valence-corrected chi connectivity index (χ3v) is 2.36. The Morgan fingerprint density at radius 3 is 2.40 bits per heavy atom. The molecule has 0 bridgehead atoms. The topological polar surface area (TPSA) is 38.9 Å². The van der Waals surface area contributed by atoms with Crippen molar-refractivity contribution in [1.29, 1.82) is 0 Å². The summed E-state index contributed by atoms with van der Waals surface area (Å²) in [6, 6.07) is 11.5. The summed E-state index contributed by atoms with van der Waals surface area (Å²) in [7, 11) is 0. The summed E-state index contributed by atoms with van der Waals surface area (Å²) >= 11 is 5.84. The third kappa shape index (κ3) is 2.28. The van der Waals surface area contributed by atoms with Gasteiger partial charge in [-0.05, 0) is 19.1 Å². The molecule has 76 valence electrons. The molecule has 2 rings (SSSR count). The van der Waals surface area contributed by atoms with Gasteiger partial charge in [0.1, 0.15) is 5.15 Å². The molecule has 0 aliphatic carbocycles. The Hall–Kier alpha value is -1.54. The Labute approximate surface area is 93.7 Å². The number of nitrogens with two attached hydrogens (primary N) is 1. The van der Waals surface area contributed by atoms with Crippen LogP contribution in [0.2, 0.25) is 5.15 Å². The van der Waals surface area contributed by atoms with Crippen molar-refractivity contribution in [3.8, 4) is 11.3 Å². The normalized spacial score (nSPS) is 10.3. The summed E-state index contributed by atoms with van der Waals surface area (Å²) in [5.74, 6) is 0. The molecule has 0 amide bonds. The molecule has 1 aromatic heterocycles. The van der Waals surface area contributed by atoms with Crippen molar-refractivity contribution in [2.24, 2.45) is 0 Å². The largest absolute Gasteiger partial charge is 0.399 e. The third-order valence-electron chi connectivity index (χ3n) is 2.16. The summed E-state index contributed by atoms with van der Waals surface area (Å²) in [4.78, 5) is 4.22. The highest BCUT2D eigenvalue weighted by Gasteiger charge is 2.01. The van der Waals surface area contributed by atoms with E-state index in [1.165, 1.54) is 5.56 Å². The lowest BCUT2D eigenvalue weighted by molar-refractivity contribution is 1.32. The minimum Gasteiger partial charge on any atom is -0.399 e. The number of aryl methyl sites for hydroxylation is 1. The maximum atomic E-state index is 5.84. The molecule has 1 aromatic carbocycles. The van der Waals surface area contributed by atoms with E-state index in [4.69, 9.17) is 17.3 Å². The first kappa shape index (κ1) is 9.99. The fourth-order valence-electron chi connectivity index (χ4n) is 1.39. The molecule has 0 atom stereocenters. The van der Waals surface area contributed by atoms with E-state index < -0.39 is 0 Å². The zero-order valence-electron chi connectivity index (χ0n) is 8.37. The van der Waals surface area contributed by atoms with E-state index in [0.717, 1.165) is 11.3 Å². The minimum atomic E-state index is 0.422. The van der Waals surface area contributed by atoms with Gasteiger partial charge in [-0.3, -0.25) is 0 Å². The molecular formula is C12H11ClN2. The summed E-state index contributed by atoms with van der Waals surface area (Å²) in [6.45, 7) is 2.05. The lowest BCUT2D eigenvalue weighted by atomic mass is 10.1. The van der Waals surface area contributed by atoms with Crippen LogP contribution in [0.1, 0.15) is 5.56 Å². The van der Waals surface area contributed by atoms with Crippen molar-refractivity contribution in [2.75, 3.05) is 5.73 Å². The average molecular weight is 219 g/mol. The SMILES string of the molecule is Cc1ccc(-c2cc(N)cc(Cl)n2)cc1. The Balaban J connectivity index is 2.49. The van der Waals surface area contributed by atoms with E-state index in [2.05, 4.69) is 4.98 Å². The standard InChI is InChI=1S/C12H11ClN2/c1-8-2-4-9(5-3-8)11-6-10(14)7-12(13)15-11/h2-7H,1H3,(H2,14,15). The highest BCUT2D eigenvalue weighted by Crippen LogP contribution is 2.22. The zero-order valence-corrected chi connectivity index (χ0v) is 9.12. The van der Waals surface area contributed by atoms with Crippen LogP contribution in [0.5, 0.6) is 0 Å². The highest BCUT2D eigenvalue weighted by molar-refractivity contribution is 6.29. The number of nitrogen functional groups attached to an aromatic ring is 1. The lowest BCUT2D eigenvalue weighted by Gasteiger charge is -2.03. The predicted octanol–water partition coefficient (Wildman–Crippen LogP) is 3.29. The quantitative estimate of drug-likeness (QED) is 0.746. The molecule has 0 spiro atoms. The number of hydrogen-bond donors (Lipinski definition) is 1. The van der Waals surface area contributed by atoms with Crippen LogP contribution in [0.15, 0.2) is 36.4 Å². The number of rotatable bonds is 1. The van der Waals surface area contributed by atoms with Gasteiger partial charge in [-0.1, -0.05) is 41.4 Å². The van der Waals surface area contributed by atoms with Crippen LogP contribution >= 0.6 is 11.6 Å². The molecule has 0 saturated carbocycles. The summed E-state index contributed by atoms with van der Waals surface area (Å²) < 4.78 is 0. The molecule has 0 aliphatic heterocycles. The summed E-state index contributed by atoms with van der Waals surface area (Å²) in [5.41, 5.74) is 9.38. The van der Waals surface area contributed by atoms with Crippen LogP contribution in [0.25, 0.3) is 11.3 Å². The Bertz CT molecular complexity index is 457. The monoisotopic (exact) mass is 218 g/mol. The molecule has 2 aromatic rings. The van der Waals surface area contributed by atoms with Gasteiger partial charge in [0.2, 0.25) is 0 Å². The van der Waals surface area contributed by atoms with Gasteiger partial charge in [0.05, 0.1) is 5.69 Å². The van der Waals surface area contributed by atoms with Crippen molar-refractivity contribution < 1.29 is 0 Å². The van der Waals surface area contributed by atoms with Gasteiger partial charge in [0, 0.05) is 11.3 Å². The second-order valence-electron chi connectivity index (χ2n) is 3.47. The molecule has 1 heterocycles. The van der Waals surface area contributed by atoms with E-state index in [0.29, 0.717) is 10.8 Å². The van der Waals surface area contributed by atoms with Crippen molar-refractivity contribution >= 4 is 17.3 Å². The van der Waals surface area contributed by atoms with Crippen LogP contribution < -0.4 is 5.73 Å². The lowest BCUT2D eigenvalue weighted by Crippen LogP contribution is -1.90. The van der Waals surface area contributed by atoms with Gasteiger partial charge in [0.15, 0.2) is 0 Å². The van der Waals surface area contributed by atoms with Crippen LogP contribution in [0.3, 0.4) is 0 Å². The van der Waals surface area contributed by atoms with E-state index in [1.807, 2.05) is 37.3 Å². The highest BCUT2D eigenvalue weighted by atomic mass is 35.5. The first-order valence-corrected chi connectivity index (χ1v) is 5.03. The van der Waals surface area contributed by atoms with Gasteiger partial charge in [-0.2, -0.15) is 0 Å². The van der Waals surface area contributed by atoms with Gasteiger partial charge < -0.3 is 5.73 Å². The predicted molar refractivity (Wildman–Crippen MR) is 63.8 cm³/mol. The first-order valence-electron chi connectivity index (χ1n) is 4.65. The van der Waals surface area contributed by atoms with Crippen LogP contribution in [-0.2, 0) is 0 Å². The molecule has 2 N–H and O–H groups in total. The molecule has 0 radical (unpaired) electrons. The van der Waals surface area contributed by atoms with E-state index in [1.54, 1.807) is 6.07 Å². The van der Waals surface area contributed by atoms with Gasteiger partial charge in [-0.25, -0.2) is 4.98 Å². The molecule has 0 fully saturated rings. The number of nitrogens with zero attached hydrogens (tertiary/aromatic N) is 1. The Morgan fingerprint density at radius 1 is 1.13 bits per heavy atom. The van der Waals surface area contributed by atoms with E-state index >= 15 is 0 Å². The Morgan fingerprint density at radius 2 is 1.80 bits per heavy atom. The smallest absolute Gasteiger partial charge is 0.131 e. The number of hydrogen-bond acceptors (Lipinski definition) is 2.